The van der Waals surface area contributed by atoms with Crippen molar-refractivity contribution in [3.63, 3.8) is 0 Å². The maximum Gasteiger partial charge on any atom is 0.238 e. The normalized spacial score (nSPS) is 14.8. The molecule has 0 saturated heterocycles. The van der Waals surface area contributed by atoms with Crippen molar-refractivity contribution in [1.29, 1.82) is 0 Å². The molecule has 6 heteroatoms. The standard InChI is InChI=1S/C15H21Cl2N3O/c1-9(2)7-20(11-3-4-11)8-14(21)19-15-12(17)5-10(16)6-13(15)18/h5-6,9,11H,3-4,7-8,18H2,1-2H3,(H,19,21). The summed E-state index contributed by atoms with van der Waals surface area (Å²) in [5.41, 5.74) is 6.67. The van der Waals surface area contributed by atoms with E-state index in [1.807, 2.05) is 0 Å². The van der Waals surface area contributed by atoms with Crippen LogP contribution in [0.3, 0.4) is 0 Å². The fourth-order valence-electron chi connectivity index (χ4n) is 2.34. The summed E-state index contributed by atoms with van der Waals surface area (Å²) in [6.45, 7) is 5.59. The van der Waals surface area contributed by atoms with Crippen LogP contribution in [0.2, 0.25) is 10.0 Å². The first-order valence-electron chi connectivity index (χ1n) is 7.15. The summed E-state index contributed by atoms with van der Waals surface area (Å²) < 4.78 is 0. The van der Waals surface area contributed by atoms with Gasteiger partial charge in [-0.25, -0.2) is 0 Å². The number of rotatable bonds is 6. The number of nitrogens with zero attached hydrogens (tertiary/aromatic N) is 1. The fraction of sp³-hybridized carbons (Fsp3) is 0.533. The summed E-state index contributed by atoms with van der Waals surface area (Å²) >= 11 is 11.9. The highest BCUT2D eigenvalue weighted by Gasteiger charge is 2.30. The van der Waals surface area contributed by atoms with E-state index in [0.29, 0.717) is 39.9 Å². The van der Waals surface area contributed by atoms with Gasteiger partial charge in [0.15, 0.2) is 0 Å². The van der Waals surface area contributed by atoms with Gasteiger partial charge in [0.25, 0.3) is 0 Å². The predicted octanol–water partition coefficient (Wildman–Crippen LogP) is 3.63. The molecule has 1 aliphatic carbocycles. The SMILES string of the molecule is CC(C)CN(CC(=O)Nc1c(N)cc(Cl)cc1Cl)C1CC1. The Labute approximate surface area is 135 Å². The third-order valence-electron chi connectivity index (χ3n) is 3.36. The van der Waals surface area contributed by atoms with Gasteiger partial charge < -0.3 is 11.1 Å². The largest absolute Gasteiger partial charge is 0.397 e. The van der Waals surface area contributed by atoms with Crippen molar-refractivity contribution in [1.82, 2.24) is 4.90 Å². The van der Waals surface area contributed by atoms with Crippen molar-refractivity contribution in [2.75, 3.05) is 24.1 Å². The molecule has 1 aliphatic rings. The lowest BCUT2D eigenvalue weighted by Crippen LogP contribution is -2.37. The molecule has 0 unspecified atom stereocenters. The van der Waals surface area contributed by atoms with Gasteiger partial charge in [-0.05, 0) is 30.9 Å². The van der Waals surface area contributed by atoms with Gasteiger partial charge >= 0.3 is 0 Å². The van der Waals surface area contributed by atoms with Gasteiger partial charge in [-0.2, -0.15) is 0 Å². The topological polar surface area (TPSA) is 58.4 Å². The molecule has 21 heavy (non-hydrogen) atoms. The van der Waals surface area contributed by atoms with E-state index >= 15 is 0 Å². The molecule has 1 aromatic carbocycles. The average Bonchev–Trinajstić information content (AvgIpc) is 3.16. The molecule has 0 spiro atoms. The highest BCUT2D eigenvalue weighted by Crippen LogP contribution is 2.32. The highest BCUT2D eigenvalue weighted by molar-refractivity contribution is 6.37. The van der Waals surface area contributed by atoms with E-state index in [1.54, 1.807) is 12.1 Å². The maximum atomic E-state index is 12.2. The van der Waals surface area contributed by atoms with Crippen LogP contribution in [0.15, 0.2) is 12.1 Å². The molecule has 2 rings (SSSR count). The number of halogens is 2. The molecule has 0 bridgehead atoms. The molecule has 0 aromatic heterocycles. The summed E-state index contributed by atoms with van der Waals surface area (Å²) in [5.74, 6) is 0.432. The van der Waals surface area contributed by atoms with Crippen LogP contribution >= 0.6 is 23.2 Å². The van der Waals surface area contributed by atoms with Gasteiger partial charge in [-0.1, -0.05) is 37.0 Å². The van der Waals surface area contributed by atoms with Crippen LogP contribution in [0, 0.1) is 5.92 Å². The van der Waals surface area contributed by atoms with Crippen LogP contribution in [-0.2, 0) is 4.79 Å². The molecular weight excluding hydrogens is 309 g/mol. The van der Waals surface area contributed by atoms with E-state index < -0.39 is 0 Å². The van der Waals surface area contributed by atoms with Gasteiger partial charge in [0.05, 0.1) is 22.9 Å². The zero-order valence-electron chi connectivity index (χ0n) is 12.3. The first kappa shape index (κ1) is 16.4. The Morgan fingerprint density at radius 1 is 1.43 bits per heavy atom. The summed E-state index contributed by atoms with van der Waals surface area (Å²) in [4.78, 5) is 14.4. The number of hydrogen-bond acceptors (Lipinski definition) is 3. The zero-order chi connectivity index (χ0) is 15.6. The first-order valence-corrected chi connectivity index (χ1v) is 7.91. The summed E-state index contributed by atoms with van der Waals surface area (Å²) in [5, 5.41) is 3.61. The number of carbonyl (C=O) groups is 1. The van der Waals surface area contributed by atoms with E-state index in [0.717, 1.165) is 6.54 Å². The minimum Gasteiger partial charge on any atom is -0.397 e. The van der Waals surface area contributed by atoms with Crippen LogP contribution in [0.4, 0.5) is 11.4 Å². The van der Waals surface area contributed by atoms with Gasteiger partial charge in [0.2, 0.25) is 5.91 Å². The molecule has 1 amide bonds. The Kier molecular flexibility index (Phi) is 5.36. The highest BCUT2D eigenvalue weighted by atomic mass is 35.5. The molecule has 4 nitrogen and oxygen atoms in total. The molecule has 1 saturated carbocycles. The van der Waals surface area contributed by atoms with Crippen molar-refractivity contribution in [3.8, 4) is 0 Å². The number of hydrogen-bond donors (Lipinski definition) is 2. The van der Waals surface area contributed by atoms with Crippen molar-refractivity contribution in [2.24, 2.45) is 5.92 Å². The van der Waals surface area contributed by atoms with Gasteiger partial charge in [0, 0.05) is 17.6 Å². The average molecular weight is 330 g/mol. The molecule has 0 atom stereocenters. The minimum absolute atomic E-state index is 0.0986. The number of anilines is 2. The van der Waals surface area contributed by atoms with E-state index in [4.69, 9.17) is 28.9 Å². The van der Waals surface area contributed by atoms with Crippen LogP contribution < -0.4 is 11.1 Å². The summed E-state index contributed by atoms with van der Waals surface area (Å²) in [6.07, 6.45) is 2.34. The van der Waals surface area contributed by atoms with Gasteiger partial charge in [-0.15, -0.1) is 0 Å². The second-order valence-electron chi connectivity index (χ2n) is 5.95. The van der Waals surface area contributed by atoms with Gasteiger partial charge in [-0.3, -0.25) is 9.69 Å². The van der Waals surface area contributed by atoms with E-state index in [1.165, 1.54) is 12.8 Å². The second kappa shape index (κ2) is 6.86. The Balaban J connectivity index is 2.01. The number of benzene rings is 1. The predicted molar refractivity (Wildman–Crippen MR) is 88.9 cm³/mol. The van der Waals surface area contributed by atoms with Crippen molar-refractivity contribution >= 4 is 40.5 Å². The van der Waals surface area contributed by atoms with Crippen molar-refractivity contribution < 1.29 is 4.79 Å². The lowest BCUT2D eigenvalue weighted by atomic mass is 10.2. The molecule has 0 heterocycles. The molecule has 116 valence electrons. The molecule has 0 radical (unpaired) electrons. The third-order valence-corrected chi connectivity index (χ3v) is 3.88. The molecule has 3 N–H and O–H groups in total. The van der Waals surface area contributed by atoms with Crippen LogP contribution in [0.1, 0.15) is 26.7 Å². The molecular formula is C15H21Cl2N3O. The van der Waals surface area contributed by atoms with Crippen molar-refractivity contribution in [2.45, 2.75) is 32.7 Å². The van der Waals surface area contributed by atoms with Crippen LogP contribution in [0.5, 0.6) is 0 Å². The summed E-state index contributed by atoms with van der Waals surface area (Å²) in [6, 6.07) is 3.69. The van der Waals surface area contributed by atoms with E-state index in [9.17, 15) is 4.79 Å². The van der Waals surface area contributed by atoms with E-state index in [-0.39, 0.29) is 5.91 Å². The smallest absolute Gasteiger partial charge is 0.238 e. The molecule has 1 fully saturated rings. The fourth-order valence-corrected chi connectivity index (χ4v) is 2.90. The number of carbonyl (C=O) groups excluding carboxylic acids is 1. The molecule has 1 aromatic rings. The Morgan fingerprint density at radius 3 is 2.62 bits per heavy atom. The molecule has 0 aliphatic heterocycles. The Hall–Kier alpha value is -0.970. The quantitative estimate of drug-likeness (QED) is 0.783. The lowest BCUT2D eigenvalue weighted by Gasteiger charge is -2.23. The maximum absolute atomic E-state index is 12.2. The van der Waals surface area contributed by atoms with Crippen molar-refractivity contribution in [3.05, 3.63) is 22.2 Å². The second-order valence-corrected chi connectivity index (χ2v) is 6.80. The van der Waals surface area contributed by atoms with E-state index in [2.05, 4.69) is 24.1 Å². The first-order chi connectivity index (χ1) is 9.86. The van der Waals surface area contributed by atoms with Gasteiger partial charge in [0.1, 0.15) is 0 Å². The number of nitrogen functional groups attached to an aromatic ring is 1. The number of amides is 1. The lowest BCUT2D eigenvalue weighted by molar-refractivity contribution is -0.117. The Bertz CT molecular complexity index is 507. The number of nitrogens with two attached hydrogens (primary N) is 1. The number of nitrogens with one attached hydrogen (secondary N) is 1. The zero-order valence-corrected chi connectivity index (χ0v) is 13.8. The van der Waals surface area contributed by atoms with Crippen LogP contribution in [-0.4, -0.2) is 29.9 Å². The third kappa shape index (κ3) is 4.77. The van der Waals surface area contributed by atoms with Crippen LogP contribution in [0.25, 0.3) is 0 Å². The summed E-state index contributed by atoms with van der Waals surface area (Å²) in [7, 11) is 0. The monoisotopic (exact) mass is 329 g/mol. The minimum atomic E-state index is -0.0986. The Morgan fingerprint density at radius 2 is 2.10 bits per heavy atom.